The first-order chi connectivity index (χ1) is 11.5. The molecule has 0 atom stereocenters. The monoisotopic (exact) mass is 324 g/mol. The average Bonchev–Trinajstić information content (AvgIpc) is 2.57. The van der Waals surface area contributed by atoms with Crippen molar-refractivity contribution in [3.63, 3.8) is 0 Å². The highest BCUT2D eigenvalue weighted by Gasteiger charge is 2.12. The van der Waals surface area contributed by atoms with Gasteiger partial charge in [-0.1, -0.05) is 18.2 Å². The van der Waals surface area contributed by atoms with Gasteiger partial charge in [-0.05, 0) is 18.2 Å². The van der Waals surface area contributed by atoms with E-state index in [1.54, 1.807) is 49.6 Å². The topological polar surface area (TPSA) is 88.1 Å². The number of fused-ring (bicyclic) bond motifs is 1. The van der Waals surface area contributed by atoms with Gasteiger partial charge in [0.2, 0.25) is 5.91 Å². The van der Waals surface area contributed by atoms with Gasteiger partial charge in [0.25, 0.3) is 11.1 Å². The fourth-order valence-corrected chi connectivity index (χ4v) is 2.38. The maximum absolute atomic E-state index is 12.3. The number of nitrogens with zero attached hydrogens (tertiary/aromatic N) is 3. The molecule has 0 radical (unpaired) electrons. The molecule has 0 saturated heterocycles. The van der Waals surface area contributed by atoms with Crippen LogP contribution in [-0.4, -0.2) is 32.4 Å². The number of para-hydroxylation sites is 1. The van der Waals surface area contributed by atoms with Gasteiger partial charge in [-0.15, -0.1) is 0 Å². The molecule has 2 aromatic heterocycles. The number of carbonyl (C=O) groups is 1. The molecule has 0 unspecified atom stereocenters. The van der Waals surface area contributed by atoms with E-state index in [-0.39, 0.29) is 30.1 Å². The molecule has 3 rings (SSSR count). The van der Waals surface area contributed by atoms with Crippen molar-refractivity contribution in [1.82, 2.24) is 19.4 Å². The van der Waals surface area contributed by atoms with Gasteiger partial charge in [-0.3, -0.25) is 14.4 Å². The molecule has 0 saturated carbocycles. The van der Waals surface area contributed by atoms with Crippen molar-refractivity contribution in [1.29, 1.82) is 0 Å². The second-order valence-corrected chi connectivity index (χ2v) is 5.45. The Hall–Kier alpha value is -3.22. The van der Waals surface area contributed by atoms with E-state index in [2.05, 4.69) is 9.97 Å². The van der Waals surface area contributed by atoms with Crippen LogP contribution in [0.25, 0.3) is 10.9 Å². The van der Waals surface area contributed by atoms with Crippen LogP contribution in [0.5, 0.6) is 0 Å². The van der Waals surface area contributed by atoms with Gasteiger partial charge in [-0.25, -0.2) is 4.98 Å². The van der Waals surface area contributed by atoms with Crippen LogP contribution in [0, 0.1) is 0 Å². The third-order valence-corrected chi connectivity index (χ3v) is 3.68. The molecule has 1 amide bonds. The zero-order valence-corrected chi connectivity index (χ0v) is 13.1. The van der Waals surface area contributed by atoms with Crippen LogP contribution < -0.4 is 11.1 Å². The third kappa shape index (κ3) is 3.24. The lowest BCUT2D eigenvalue weighted by atomic mass is 10.2. The fraction of sp³-hybridized carbons (Fsp3) is 0.176. The number of aromatic nitrogens is 3. The van der Waals surface area contributed by atoms with Gasteiger partial charge in [0.15, 0.2) is 0 Å². The van der Waals surface area contributed by atoms with Gasteiger partial charge in [0, 0.05) is 19.3 Å². The Morgan fingerprint density at radius 1 is 1.17 bits per heavy atom. The van der Waals surface area contributed by atoms with Crippen molar-refractivity contribution in [3.8, 4) is 0 Å². The molecule has 1 aromatic carbocycles. The Balaban J connectivity index is 1.78. The number of rotatable bonds is 4. The minimum atomic E-state index is -0.251. The lowest BCUT2D eigenvalue weighted by Gasteiger charge is -2.17. The Morgan fingerprint density at radius 2 is 1.92 bits per heavy atom. The fourth-order valence-electron chi connectivity index (χ4n) is 2.38. The number of H-pyrrole nitrogens is 1. The summed E-state index contributed by atoms with van der Waals surface area (Å²) in [5.41, 5.74) is 0.101. The van der Waals surface area contributed by atoms with Gasteiger partial charge in [0.1, 0.15) is 12.4 Å². The van der Waals surface area contributed by atoms with E-state index < -0.39 is 0 Å². The second kappa shape index (κ2) is 6.49. The first-order valence-electron chi connectivity index (χ1n) is 7.42. The molecule has 24 heavy (non-hydrogen) atoms. The molecule has 0 fully saturated rings. The van der Waals surface area contributed by atoms with Crippen molar-refractivity contribution in [2.75, 3.05) is 7.05 Å². The summed E-state index contributed by atoms with van der Waals surface area (Å²) in [4.78, 5) is 44.4. The van der Waals surface area contributed by atoms with Crippen LogP contribution >= 0.6 is 0 Å². The molecule has 3 aromatic rings. The minimum absolute atomic E-state index is 0.0615. The number of likely N-dealkylation sites (N-methyl/N-ethyl adjacent to an activating group) is 1. The Kier molecular flexibility index (Phi) is 4.24. The van der Waals surface area contributed by atoms with Gasteiger partial charge in [0.05, 0.1) is 17.4 Å². The van der Waals surface area contributed by atoms with E-state index in [1.807, 2.05) is 0 Å². The summed E-state index contributed by atoms with van der Waals surface area (Å²) in [5.74, 6) is 0.147. The molecule has 7 nitrogen and oxygen atoms in total. The Labute approximate surface area is 137 Å². The normalized spacial score (nSPS) is 10.7. The minimum Gasteiger partial charge on any atom is -0.337 e. The highest BCUT2D eigenvalue weighted by Crippen LogP contribution is 2.06. The first kappa shape index (κ1) is 15.7. The quantitative estimate of drug-likeness (QED) is 0.767. The van der Waals surface area contributed by atoms with Crippen LogP contribution in [-0.2, 0) is 17.9 Å². The van der Waals surface area contributed by atoms with Crippen LogP contribution in [0.4, 0.5) is 0 Å². The second-order valence-electron chi connectivity index (χ2n) is 5.45. The number of nitrogens with one attached hydrogen (secondary N) is 1. The van der Waals surface area contributed by atoms with Gasteiger partial charge < -0.3 is 14.5 Å². The van der Waals surface area contributed by atoms with E-state index in [9.17, 15) is 14.4 Å². The number of aromatic amines is 1. The predicted molar refractivity (Wildman–Crippen MR) is 89.5 cm³/mol. The van der Waals surface area contributed by atoms with Crippen LogP contribution in [0.15, 0.2) is 58.3 Å². The van der Waals surface area contributed by atoms with Crippen LogP contribution in [0.1, 0.15) is 5.82 Å². The lowest BCUT2D eigenvalue weighted by molar-refractivity contribution is -0.131. The van der Waals surface area contributed by atoms with Crippen LogP contribution in [0.2, 0.25) is 0 Å². The predicted octanol–water partition coefficient (Wildman–Crippen LogP) is 0.743. The van der Waals surface area contributed by atoms with Crippen molar-refractivity contribution in [3.05, 3.63) is 75.2 Å². The maximum Gasteiger partial charge on any atom is 0.258 e. The summed E-state index contributed by atoms with van der Waals surface area (Å²) in [6.07, 6.45) is 1.56. The van der Waals surface area contributed by atoms with Crippen molar-refractivity contribution >= 4 is 16.8 Å². The summed E-state index contributed by atoms with van der Waals surface area (Å²) in [6, 6.07) is 11.7. The SMILES string of the molecule is CN(Cc1nc2ccccc2c(=O)[nH]1)C(=O)Cn1ccccc1=O. The first-order valence-corrected chi connectivity index (χ1v) is 7.42. The van der Waals surface area contributed by atoms with Crippen LogP contribution in [0.3, 0.4) is 0 Å². The average molecular weight is 324 g/mol. The standard InChI is InChI=1S/C17H16N4O3/c1-20(16(23)11-21-9-5-4-8-15(21)22)10-14-18-13-7-3-2-6-12(13)17(24)19-14/h2-9H,10-11H2,1H3,(H,18,19,24). The smallest absolute Gasteiger partial charge is 0.258 e. The number of pyridine rings is 1. The molecular weight excluding hydrogens is 308 g/mol. The maximum atomic E-state index is 12.3. The zero-order valence-electron chi connectivity index (χ0n) is 13.1. The Bertz CT molecular complexity index is 1010. The molecule has 2 heterocycles. The molecule has 1 N–H and O–H groups in total. The summed E-state index contributed by atoms with van der Waals surface area (Å²) < 4.78 is 1.33. The molecule has 0 spiro atoms. The zero-order chi connectivity index (χ0) is 17.1. The molecular formula is C17H16N4O3. The summed E-state index contributed by atoms with van der Waals surface area (Å²) in [6.45, 7) is 0.0917. The summed E-state index contributed by atoms with van der Waals surface area (Å²) in [5, 5.41) is 0.506. The largest absolute Gasteiger partial charge is 0.337 e. The highest BCUT2D eigenvalue weighted by atomic mass is 16.2. The van der Waals surface area contributed by atoms with E-state index >= 15 is 0 Å². The van der Waals surface area contributed by atoms with Crippen molar-refractivity contribution in [2.45, 2.75) is 13.1 Å². The molecule has 7 heteroatoms. The molecule has 0 aliphatic rings. The lowest BCUT2D eigenvalue weighted by Crippen LogP contribution is -2.34. The molecule has 0 bridgehead atoms. The van der Waals surface area contributed by atoms with Crippen molar-refractivity contribution in [2.24, 2.45) is 0 Å². The van der Waals surface area contributed by atoms with E-state index in [1.165, 1.54) is 15.5 Å². The number of amides is 1. The van der Waals surface area contributed by atoms with E-state index in [4.69, 9.17) is 0 Å². The molecule has 0 aliphatic carbocycles. The third-order valence-electron chi connectivity index (χ3n) is 3.68. The summed E-state index contributed by atoms with van der Waals surface area (Å²) >= 11 is 0. The highest BCUT2D eigenvalue weighted by molar-refractivity contribution is 5.77. The number of benzene rings is 1. The van der Waals surface area contributed by atoms with E-state index in [0.717, 1.165) is 0 Å². The number of hydrogen-bond acceptors (Lipinski definition) is 4. The Morgan fingerprint density at radius 3 is 2.71 bits per heavy atom. The number of hydrogen-bond donors (Lipinski definition) is 1. The van der Waals surface area contributed by atoms with Crippen molar-refractivity contribution < 1.29 is 4.79 Å². The van der Waals surface area contributed by atoms with Gasteiger partial charge in [-0.2, -0.15) is 0 Å². The van der Waals surface area contributed by atoms with Gasteiger partial charge >= 0.3 is 0 Å². The number of carbonyl (C=O) groups excluding carboxylic acids is 1. The summed E-state index contributed by atoms with van der Waals surface area (Å²) in [7, 11) is 1.60. The molecule has 0 aliphatic heterocycles. The molecule has 122 valence electrons. The van der Waals surface area contributed by atoms with E-state index in [0.29, 0.717) is 16.7 Å².